The van der Waals surface area contributed by atoms with Crippen molar-refractivity contribution in [3.63, 3.8) is 0 Å². The van der Waals surface area contributed by atoms with Crippen LogP contribution >= 0.6 is 0 Å². The Kier molecular flexibility index (Phi) is 5.12. The van der Waals surface area contributed by atoms with Gasteiger partial charge in [0.05, 0.1) is 6.54 Å². The van der Waals surface area contributed by atoms with Gasteiger partial charge in [0.15, 0.2) is 0 Å². The number of ether oxygens (including phenoxy) is 1. The molecule has 1 N–H and O–H groups in total. The Morgan fingerprint density at radius 1 is 1.12 bits per heavy atom. The lowest BCUT2D eigenvalue weighted by molar-refractivity contribution is 0.191. The minimum absolute atomic E-state index is 0.00845. The van der Waals surface area contributed by atoms with Crippen LogP contribution in [0, 0.1) is 0 Å². The summed E-state index contributed by atoms with van der Waals surface area (Å²) in [7, 11) is 5.83. The van der Waals surface area contributed by atoms with Gasteiger partial charge in [0.1, 0.15) is 11.9 Å². The normalized spacial score (nSPS) is 15.2. The predicted molar refractivity (Wildman–Crippen MR) is 100 cm³/mol. The van der Waals surface area contributed by atoms with E-state index in [0.29, 0.717) is 13.1 Å². The van der Waals surface area contributed by atoms with E-state index in [1.807, 2.05) is 32.3 Å². The van der Waals surface area contributed by atoms with E-state index in [0.717, 1.165) is 23.4 Å². The number of carbonyl (C=O) groups excluding carboxylic acids is 1. The number of urea groups is 1. The molecular formula is C20H25N3O2. The first-order valence-corrected chi connectivity index (χ1v) is 8.52. The monoisotopic (exact) mass is 339 g/mol. The van der Waals surface area contributed by atoms with Gasteiger partial charge in [0.2, 0.25) is 0 Å². The van der Waals surface area contributed by atoms with Gasteiger partial charge in [-0.2, -0.15) is 0 Å². The van der Waals surface area contributed by atoms with E-state index in [4.69, 9.17) is 4.74 Å². The average Bonchev–Trinajstić information content (AvgIpc) is 3.03. The van der Waals surface area contributed by atoms with E-state index in [-0.39, 0.29) is 12.1 Å². The Labute approximate surface area is 149 Å². The van der Waals surface area contributed by atoms with E-state index in [2.05, 4.69) is 40.5 Å². The van der Waals surface area contributed by atoms with Gasteiger partial charge in [-0.15, -0.1) is 0 Å². The number of rotatable bonds is 5. The van der Waals surface area contributed by atoms with Crippen LogP contribution in [0.4, 0.5) is 10.5 Å². The summed E-state index contributed by atoms with van der Waals surface area (Å²) in [6.07, 6.45) is 0.848. The molecule has 0 unspecified atom stereocenters. The number of fused-ring (bicyclic) bond motifs is 1. The van der Waals surface area contributed by atoms with E-state index in [9.17, 15) is 4.79 Å². The third kappa shape index (κ3) is 4.24. The second kappa shape index (κ2) is 7.47. The van der Waals surface area contributed by atoms with Crippen LogP contribution in [0.5, 0.6) is 5.75 Å². The number of para-hydroxylation sites is 1. The van der Waals surface area contributed by atoms with Gasteiger partial charge in [-0.25, -0.2) is 4.79 Å². The first-order chi connectivity index (χ1) is 12.0. The molecule has 2 aromatic carbocycles. The van der Waals surface area contributed by atoms with Crippen molar-refractivity contribution in [2.45, 2.75) is 19.1 Å². The molecule has 2 amide bonds. The summed E-state index contributed by atoms with van der Waals surface area (Å²) in [5.74, 6) is 0.927. The first kappa shape index (κ1) is 17.1. The van der Waals surface area contributed by atoms with Crippen molar-refractivity contribution < 1.29 is 9.53 Å². The lowest BCUT2D eigenvalue weighted by Crippen LogP contribution is -2.41. The number of hydrogen-bond acceptors (Lipinski definition) is 3. The van der Waals surface area contributed by atoms with Crippen LogP contribution in [0.15, 0.2) is 48.5 Å². The number of amides is 2. The number of nitrogens with one attached hydrogen (secondary N) is 1. The Morgan fingerprint density at radius 2 is 1.84 bits per heavy atom. The molecule has 25 heavy (non-hydrogen) atoms. The standard InChI is InChI=1S/C20H25N3O2/c1-22(2)17-10-8-15(9-11-17)14-23(3)20(24)21-13-18-12-16-6-4-5-7-19(16)25-18/h4-11,18H,12-14H2,1-3H3,(H,21,24)/t18-/m1/s1. The number of nitrogens with zero attached hydrogens (tertiary/aromatic N) is 2. The average molecular weight is 339 g/mol. The van der Waals surface area contributed by atoms with Gasteiger partial charge in [-0.1, -0.05) is 30.3 Å². The molecule has 0 saturated carbocycles. The predicted octanol–water partition coefficient (Wildman–Crippen LogP) is 2.90. The van der Waals surface area contributed by atoms with Crippen molar-refractivity contribution in [1.82, 2.24) is 10.2 Å². The van der Waals surface area contributed by atoms with Crippen LogP contribution in [0.1, 0.15) is 11.1 Å². The second-order valence-electron chi connectivity index (χ2n) is 6.65. The van der Waals surface area contributed by atoms with Gasteiger partial charge < -0.3 is 19.9 Å². The summed E-state index contributed by atoms with van der Waals surface area (Å²) in [6.45, 7) is 1.09. The summed E-state index contributed by atoms with van der Waals surface area (Å²) in [6, 6.07) is 16.2. The lowest BCUT2D eigenvalue weighted by Gasteiger charge is -2.20. The minimum Gasteiger partial charge on any atom is -0.488 e. The zero-order valence-electron chi connectivity index (χ0n) is 15.0. The van der Waals surface area contributed by atoms with Gasteiger partial charge in [0, 0.05) is 39.8 Å². The van der Waals surface area contributed by atoms with E-state index >= 15 is 0 Å². The fourth-order valence-electron chi connectivity index (χ4n) is 2.95. The van der Waals surface area contributed by atoms with Crippen molar-refractivity contribution in [3.8, 4) is 5.75 Å². The molecule has 5 nitrogen and oxygen atoms in total. The maximum atomic E-state index is 12.3. The lowest BCUT2D eigenvalue weighted by atomic mass is 10.1. The highest BCUT2D eigenvalue weighted by Gasteiger charge is 2.23. The number of anilines is 1. The smallest absolute Gasteiger partial charge is 0.317 e. The molecule has 1 atom stereocenters. The zero-order valence-corrected chi connectivity index (χ0v) is 15.0. The van der Waals surface area contributed by atoms with Crippen molar-refractivity contribution in [1.29, 1.82) is 0 Å². The zero-order chi connectivity index (χ0) is 17.8. The molecule has 132 valence electrons. The Morgan fingerprint density at radius 3 is 2.52 bits per heavy atom. The van der Waals surface area contributed by atoms with E-state index < -0.39 is 0 Å². The van der Waals surface area contributed by atoms with Crippen LogP contribution in [0.25, 0.3) is 0 Å². The molecule has 3 rings (SSSR count). The highest BCUT2D eigenvalue weighted by Crippen LogP contribution is 2.27. The molecule has 0 spiro atoms. The van der Waals surface area contributed by atoms with Crippen LogP contribution in [0.3, 0.4) is 0 Å². The fourth-order valence-corrected chi connectivity index (χ4v) is 2.95. The van der Waals surface area contributed by atoms with E-state index in [1.165, 1.54) is 5.56 Å². The van der Waals surface area contributed by atoms with Crippen LogP contribution in [-0.4, -0.2) is 44.7 Å². The molecule has 1 aliphatic heterocycles. The summed E-state index contributed by atoms with van der Waals surface area (Å²) >= 11 is 0. The molecule has 2 aromatic rings. The quantitative estimate of drug-likeness (QED) is 0.911. The third-order valence-corrected chi connectivity index (χ3v) is 4.41. The van der Waals surface area contributed by atoms with Crippen molar-refractivity contribution >= 4 is 11.7 Å². The summed E-state index contributed by atoms with van der Waals surface area (Å²) in [4.78, 5) is 16.0. The van der Waals surface area contributed by atoms with Crippen molar-refractivity contribution in [2.24, 2.45) is 0 Å². The molecule has 1 aliphatic rings. The Bertz CT molecular complexity index is 703. The largest absolute Gasteiger partial charge is 0.488 e. The van der Waals surface area contributed by atoms with Gasteiger partial charge in [-0.05, 0) is 29.3 Å². The molecule has 0 aromatic heterocycles. The summed E-state index contributed by atoms with van der Waals surface area (Å²) in [5.41, 5.74) is 3.46. The first-order valence-electron chi connectivity index (χ1n) is 8.52. The highest BCUT2D eigenvalue weighted by atomic mass is 16.5. The molecular weight excluding hydrogens is 314 g/mol. The molecule has 0 radical (unpaired) electrons. The number of hydrogen-bond donors (Lipinski definition) is 1. The van der Waals surface area contributed by atoms with Gasteiger partial charge >= 0.3 is 6.03 Å². The topological polar surface area (TPSA) is 44.8 Å². The van der Waals surface area contributed by atoms with E-state index in [1.54, 1.807) is 11.9 Å². The third-order valence-electron chi connectivity index (χ3n) is 4.41. The molecule has 0 bridgehead atoms. The second-order valence-corrected chi connectivity index (χ2v) is 6.65. The van der Waals surface area contributed by atoms with Gasteiger partial charge in [-0.3, -0.25) is 0 Å². The molecule has 0 fully saturated rings. The molecule has 1 heterocycles. The molecule has 5 heteroatoms. The van der Waals surface area contributed by atoms with Crippen LogP contribution in [-0.2, 0) is 13.0 Å². The van der Waals surface area contributed by atoms with Crippen LogP contribution < -0.4 is 15.0 Å². The van der Waals surface area contributed by atoms with Gasteiger partial charge in [0.25, 0.3) is 0 Å². The minimum atomic E-state index is -0.0868. The Balaban J connectivity index is 1.47. The SMILES string of the molecule is CN(Cc1ccc(N(C)C)cc1)C(=O)NC[C@H]1Cc2ccccc2O1. The van der Waals surface area contributed by atoms with Crippen molar-refractivity contribution in [3.05, 3.63) is 59.7 Å². The fraction of sp³-hybridized carbons (Fsp3) is 0.350. The summed E-state index contributed by atoms with van der Waals surface area (Å²) < 4.78 is 5.85. The number of benzene rings is 2. The Hall–Kier alpha value is -2.69. The maximum Gasteiger partial charge on any atom is 0.317 e. The molecule has 0 aliphatic carbocycles. The summed E-state index contributed by atoms with van der Waals surface area (Å²) in [5, 5.41) is 2.96. The van der Waals surface area contributed by atoms with Crippen LogP contribution in [0.2, 0.25) is 0 Å². The maximum absolute atomic E-state index is 12.3. The van der Waals surface area contributed by atoms with Crippen molar-refractivity contribution in [2.75, 3.05) is 32.6 Å². The number of carbonyl (C=O) groups is 1. The highest BCUT2D eigenvalue weighted by molar-refractivity contribution is 5.73. The molecule has 0 saturated heterocycles.